The van der Waals surface area contributed by atoms with Crippen LogP contribution in [-0.2, 0) is 0 Å². The van der Waals surface area contributed by atoms with Gasteiger partial charge in [-0.3, -0.25) is 9.98 Å². The van der Waals surface area contributed by atoms with Gasteiger partial charge in [-0.2, -0.15) is 0 Å². The largest absolute Gasteiger partial charge is 0.493 e. The Morgan fingerprint density at radius 2 is 2.00 bits per heavy atom. The molecule has 0 radical (unpaired) electrons. The molecule has 0 spiro atoms. The van der Waals surface area contributed by atoms with Crippen molar-refractivity contribution < 1.29 is 9.47 Å². The highest BCUT2D eigenvalue weighted by atomic mass is 35.5. The van der Waals surface area contributed by atoms with E-state index in [1.54, 1.807) is 14.2 Å². The molecule has 7 heteroatoms. The van der Waals surface area contributed by atoms with E-state index in [0.29, 0.717) is 22.6 Å². The maximum Gasteiger partial charge on any atom is 0.162 e. The van der Waals surface area contributed by atoms with Crippen LogP contribution in [-0.4, -0.2) is 41.1 Å². The molecule has 1 saturated heterocycles. The van der Waals surface area contributed by atoms with Gasteiger partial charge in [-0.25, -0.2) is 0 Å². The van der Waals surface area contributed by atoms with Gasteiger partial charge in [0.15, 0.2) is 16.7 Å². The Morgan fingerprint density at radius 3 is 2.67 bits per heavy atom. The molecule has 0 N–H and O–H groups in total. The summed E-state index contributed by atoms with van der Waals surface area (Å²) in [4.78, 5) is 12.0. The quantitative estimate of drug-likeness (QED) is 0.722. The topological polar surface area (TPSA) is 47.0 Å². The molecule has 0 amide bonds. The third-order valence-electron chi connectivity index (χ3n) is 5.15. The van der Waals surface area contributed by atoms with Crippen LogP contribution < -0.4 is 9.47 Å². The highest BCUT2D eigenvalue weighted by Crippen LogP contribution is 2.51. The molecule has 0 saturated carbocycles. The van der Waals surface area contributed by atoms with Crippen LogP contribution in [0.25, 0.3) is 0 Å². The van der Waals surface area contributed by atoms with Gasteiger partial charge in [0.1, 0.15) is 6.04 Å². The zero-order chi connectivity index (χ0) is 19.0. The van der Waals surface area contributed by atoms with Gasteiger partial charge in [0, 0.05) is 29.1 Å². The lowest BCUT2D eigenvalue weighted by Gasteiger charge is -2.32. The number of methoxy groups -OCH3 is 2. The van der Waals surface area contributed by atoms with Crippen LogP contribution in [0.4, 0.5) is 0 Å². The van der Waals surface area contributed by atoms with E-state index in [-0.39, 0.29) is 12.1 Å². The predicted octanol–water partition coefficient (Wildman–Crippen LogP) is 4.73. The van der Waals surface area contributed by atoms with E-state index in [1.807, 2.05) is 48.3 Å². The number of aliphatic imine (C=N–C) groups is 1. The Labute approximate surface area is 168 Å². The first kappa shape index (κ1) is 18.4. The Balaban J connectivity index is 1.84. The van der Waals surface area contributed by atoms with Crippen molar-refractivity contribution in [1.29, 1.82) is 0 Å². The Kier molecular flexibility index (Phi) is 5.19. The minimum absolute atomic E-state index is 0.0119. The second kappa shape index (κ2) is 7.60. The summed E-state index contributed by atoms with van der Waals surface area (Å²) in [5, 5.41) is 1.73. The highest BCUT2D eigenvalue weighted by molar-refractivity contribution is 8.14. The van der Waals surface area contributed by atoms with E-state index in [2.05, 4.69) is 16.8 Å². The molecule has 4 rings (SSSR count). The van der Waals surface area contributed by atoms with Crippen LogP contribution in [0.1, 0.15) is 36.7 Å². The van der Waals surface area contributed by atoms with Crippen molar-refractivity contribution >= 4 is 28.5 Å². The van der Waals surface area contributed by atoms with Crippen molar-refractivity contribution in [2.75, 3.05) is 20.0 Å². The number of benzene rings is 1. The van der Waals surface area contributed by atoms with E-state index >= 15 is 0 Å². The molecule has 2 aliphatic rings. The van der Waals surface area contributed by atoms with E-state index < -0.39 is 0 Å². The number of hydrogen-bond donors (Lipinski definition) is 0. The van der Waals surface area contributed by atoms with Gasteiger partial charge in [-0.05, 0) is 30.2 Å². The van der Waals surface area contributed by atoms with Gasteiger partial charge in [-0.1, -0.05) is 36.4 Å². The normalized spacial score (nSPS) is 23.9. The van der Waals surface area contributed by atoms with Crippen molar-refractivity contribution in [2.45, 2.75) is 31.5 Å². The smallest absolute Gasteiger partial charge is 0.162 e. The molecular formula is C20H22ClN3O2S. The lowest BCUT2D eigenvalue weighted by Crippen LogP contribution is -2.35. The number of pyridine rings is 1. The number of halogens is 1. The summed E-state index contributed by atoms with van der Waals surface area (Å²) >= 11 is 8.53. The van der Waals surface area contributed by atoms with Gasteiger partial charge in [0.2, 0.25) is 0 Å². The summed E-state index contributed by atoms with van der Waals surface area (Å²) in [7, 11) is 3.26. The summed E-state index contributed by atoms with van der Waals surface area (Å²) in [6.45, 7) is 2.22. The van der Waals surface area contributed by atoms with Gasteiger partial charge < -0.3 is 14.4 Å². The van der Waals surface area contributed by atoms with Crippen molar-refractivity contribution in [3.8, 4) is 11.5 Å². The first-order valence-corrected chi connectivity index (χ1v) is 10.4. The average molecular weight is 404 g/mol. The first-order valence-electron chi connectivity index (χ1n) is 8.99. The lowest BCUT2D eigenvalue weighted by atomic mass is 9.94. The standard InChI is InChI=1S/C20H22ClN3O2S/c1-4-12-11-27-20-23-18(15-7-5-6-8-22-15)19(24(12)20)13-9-16(25-2)17(26-3)10-14(13)21/h5-10,12,18-19H,4,11H2,1-3H3/t12-,18-,19-/m1/s1. The average Bonchev–Trinajstić information content (AvgIpc) is 3.27. The minimum Gasteiger partial charge on any atom is -0.493 e. The summed E-state index contributed by atoms with van der Waals surface area (Å²) in [5.41, 5.74) is 1.94. The minimum atomic E-state index is -0.0985. The molecule has 1 aromatic carbocycles. The van der Waals surface area contributed by atoms with Gasteiger partial charge in [0.25, 0.3) is 0 Å². The van der Waals surface area contributed by atoms with E-state index in [4.69, 9.17) is 26.1 Å². The Hall–Kier alpha value is -1.92. The number of thioether (sulfide) groups is 1. The summed E-state index contributed by atoms with van der Waals surface area (Å²) in [5.74, 6) is 2.35. The summed E-state index contributed by atoms with van der Waals surface area (Å²) in [6, 6.07) is 10.1. The molecule has 2 aromatic rings. The van der Waals surface area contributed by atoms with E-state index in [9.17, 15) is 0 Å². The number of ether oxygens (including phenoxy) is 2. The van der Waals surface area contributed by atoms with Crippen molar-refractivity contribution in [2.24, 2.45) is 4.99 Å². The van der Waals surface area contributed by atoms with Crippen molar-refractivity contribution in [1.82, 2.24) is 9.88 Å². The zero-order valence-electron chi connectivity index (χ0n) is 15.6. The monoisotopic (exact) mass is 403 g/mol. The van der Waals surface area contributed by atoms with Gasteiger partial charge in [-0.15, -0.1) is 0 Å². The fraction of sp³-hybridized carbons (Fsp3) is 0.400. The second-order valence-electron chi connectivity index (χ2n) is 6.57. The maximum atomic E-state index is 6.71. The SMILES string of the molecule is CC[C@@H]1CSC2=N[C@H](c3ccccn3)[C@@H](c3cc(OC)c(OC)cc3Cl)N21. The molecule has 3 atom stereocenters. The maximum absolute atomic E-state index is 6.71. The van der Waals surface area contributed by atoms with Crippen LogP contribution in [0.3, 0.4) is 0 Å². The molecule has 1 aromatic heterocycles. The molecule has 27 heavy (non-hydrogen) atoms. The predicted molar refractivity (Wildman–Crippen MR) is 110 cm³/mol. The molecule has 0 unspecified atom stereocenters. The third kappa shape index (κ3) is 3.15. The third-order valence-corrected chi connectivity index (χ3v) is 6.60. The fourth-order valence-corrected chi connectivity index (χ4v) is 5.39. The number of fused-ring (bicyclic) bond motifs is 1. The van der Waals surface area contributed by atoms with Crippen LogP contribution in [0.5, 0.6) is 11.5 Å². The molecule has 2 aliphatic heterocycles. The number of amidine groups is 1. The molecule has 1 fully saturated rings. The Bertz CT molecular complexity index is 862. The number of rotatable bonds is 5. The Morgan fingerprint density at radius 1 is 1.22 bits per heavy atom. The first-order chi connectivity index (χ1) is 13.2. The molecular weight excluding hydrogens is 382 g/mol. The van der Waals surface area contributed by atoms with E-state index in [1.165, 1.54) is 0 Å². The second-order valence-corrected chi connectivity index (χ2v) is 7.96. The highest BCUT2D eigenvalue weighted by Gasteiger charge is 2.46. The van der Waals surface area contributed by atoms with Crippen LogP contribution in [0, 0.1) is 0 Å². The van der Waals surface area contributed by atoms with Crippen LogP contribution >= 0.6 is 23.4 Å². The molecule has 3 heterocycles. The van der Waals surface area contributed by atoms with Gasteiger partial charge >= 0.3 is 0 Å². The summed E-state index contributed by atoms with van der Waals surface area (Å²) < 4.78 is 10.9. The van der Waals surface area contributed by atoms with Gasteiger partial charge in [0.05, 0.1) is 26.0 Å². The number of nitrogens with zero attached hydrogens (tertiary/aromatic N) is 3. The number of hydrogen-bond acceptors (Lipinski definition) is 6. The molecule has 5 nitrogen and oxygen atoms in total. The fourth-order valence-electron chi connectivity index (χ4n) is 3.78. The van der Waals surface area contributed by atoms with E-state index in [0.717, 1.165) is 28.6 Å². The molecule has 0 aliphatic carbocycles. The summed E-state index contributed by atoms with van der Waals surface area (Å²) in [6.07, 6.45) is 2.87. The zero-order valence-corrected chi connectivity index (χ0v) is 17.1. The molecule has 142 valence electrons. The van der Waals surface area contributed by atoms with Crippen LogP contribution in [0.2, 0.25) is 5.02 Å². The number of aromatic nitrogens is 1. The lowest BCUT2D eigenvalue weighted by molar-refractivity contribution is 0.254. The van der Waals surface area contributed by atoms with Crippen molar-refractivity contribution in [3.63, 3.8) is 0 Å². The van der Waals surface area contributed by atoms with Crippen molar-refractivity contribution in [3.05, 3.63) is 52.8 Å². The van der Waals surface area contributed by atoms with Crippen LogP contribution in [0.15, 0.2) is 41.5 Å². The molecule has 0 bridgehead atoms.